The van der Waals surface area contributed by atoms with Gasteiger partial charge in [0.15, 0.2) is 0 Å². The number of primary amides is 1. The Hall–Kier alpha value is -2.69. The van der Waals surface area contributed by atoms with E-state index in [1.165, 1.54) is 6.92 Å². The minimum absolute atomic E-state index is 0.00803. The largest absolute Gasteiger partial charge is 0.480 e. The van der Waals surface area contributed by atoms with E-state index in [-0.39, 0.29) is 31.1 Å². The van der Waals surface area contributed by atoms with Gasteiger partial charge in [0.05, 0.1) is 6.04 Å². The molecule has 0 fully saturated rings. The quantitative estimate of drug-likeness (QED) is 0.203. The normalized spacial score (nSPS) is 15.8. The molecule has 0 aliphatic carbocycles. The Balaban J connectivity index is 5.45. The van der Waals surface area contributed by atoms with Crippen LogP contribution in [-0.4, -0.2) is 58.9 Å². The molecule has 0 bridgehead atoms. The summed E-state index contributed by atoms with van der Waals surface area (Å²) in [5.41, 5.74) is 11.1. The van der Waals surface area contributed by atoms with E-state index < -0.39 is 53.8 Å². The molecular weight excluding hydrogens is 406 g/mol. The van der Waals surface area contributed by atoms with E-state index in [9.17, 15) is 24.0 Å². The van der Waals surface area contributed by atoms with Crippen molar-refractivity contribution in [3.8, 4) is 0 Å². The zero-order valence-corrected chi connectivity index (χ0v) is 18.9. The van der Waals surface area contributed by atoms with Gasteiger partial charge in [-0.1, -0.05) is 34.1 Å². The van der Waals surface area contributed by atoms with Crippen LogP contribution in [0.3, 0.4) is 0 Å². The first-order valence-corrected chi connectivity index (χ1v) is 10.5. The standard InChI is InChI=1S/C20H37N5O6/c1-6-11(4)16(22)19(29)24-13(7-8-15(21)26)17(27)25-14(9-10(2)3)18(28)23-12(5)20(30)31/h10-14,16H,6-9,22H2,1-5H3,(H2,21,26)(H,23,28)(H,24,29)(H,25,27)(H,30,31). The van der Waals surface area contributed by atoms with Crippen molar-refractivity contribution in [2.24, 2.45) is 23.3 Å². The van der Waals surface area contributed by atoms with Crippen LogP contribution in [0.4, 0.5) is 0 Å². The second kappa shape index (κ2) is 13.6. The monoisotopic (exact) mass is 443 g/mol. The van der Waals surface area contributed by atoms with Crippen LogP contribution in [0.5, 0.6) is 0 Å². The zero-order chi connectivity index (χ0) is 24.3. The maximum atomic E-state index is 12.9. The van der Waals surface area contributed by atoms with Crippen LogP contribution in [0.15, 0.2) is 0 Å². The Morgan fingerprint density at radius 2 is 1.39 bits per heavy atom. The SMILES string of the molecule is CCC(C)C(N)C(=O)NC(CCC(N)=O)C(=O)NC(CC(C)C)C(=O)NC(C)C(=O)O. The van der Waals surface area contributed by atoms with Crippen LogP contribution < -0.4 is 27.4 Å². The Morgan fingerprint density at radius 1 is 0.871 bits per heavy atom. The third-order valence-corrected chi connectivity index (χ3v) is 4.94. The van der Waals surface area contributed by atoms with Crippen LogP contribution in [0.2, 0.25) is 0 Å². The number of aliphatic carboxylic acids is 1. The number of nitrogens with two attached hydrogens (primary N) is 2. The number of amides is 4. The fourth-order valence-electron chi connectivity index (χ4n) is 2.69. The summed E-state index contributed by atoms with van der Waals surface area (Å²) in [5, 5.41) is 16.4. The molecule has 0 spiro atoms. The van der Waals surface area contributed by atoms with E-state index in [1.54, 1.807) is 6.92 Å². The predicted molar refractivity (Wildman–Crippen MR) is 114 cm³/mol. The second-order valence-corrected chi connectivity index (χ2v) is 8.24. The number of hydrogen-bond donors (Lipinski definition) is 6. The highest BCUT2D eigenvalue weighted by molar-refractivity contribution is 5.94. The van der Waals surface area contributed by atoms with Crippen LogP contribution in [0.1, 0.15) is 60.3 Å². The predicted octanol–water partition coefficient (Wildman–Crippen LogP) is -0.770. The number of nitrogens with one attached hydrogen (secondary N) is 3. The van der Waals surface area contributed by atoms with E-state index in [1.807, 2.05) is 20.8 Å². The van der Waals surface area contributed by atoms with Crippen molar-refractivity contribution in [3.63, 3.8) is 0 Å². The number of carboxylic acid groups (broad SMARTS) is 1. The molecule has 4 amide bonds. The van der Waals surface area contributed by atoms with E-state index in [0.717, 1.165) is 0 Å². The van der Waals surface area contributed by atoms with E-state index in [2.05, 4.69) is 16.0 Å². The summed E-state index contributed by atoms with van der Waals surface area (Å²) >= 11 is 0. The van der Waals surface area contributed by atoms with Crippen LogP contribution >= 0.6 is 0 Å². The number of carbonyl (C=O) groups is 5. The van der Waals surface area contributed by atoms with Crippen molar-refractivity contribution in [2.75, 3.05) is 0 Å². The third-order valence-electron chi connectivity index (χ3n) is 4.94. The van der Waals surface area contributed by atoms with Gasteiger partial charge in [-0.2, -0.15) is 0 Å². The first-order valence-electron chi connectivity index (χ1n) is 10.5. The lowest BCUT2D eigenvalue weighted by atomic mass is 9.98. The average Bonchev–Trinajstić information content (AvgIpc) is 2.68. The van der Waals surface area contributed by atoms with Gasteiger partial charge in [0, 0.05) is 6.42 Å². The van der Waals surface area contributed by atoms with Gasteiger partial charge < -0.3 is 32.5 Å². The summed E-state index contributed by atoms with van der Waals surface area (Å²) in [5.74, 6) is -3.88. The average molecular weight is 444 g/mol. The molecular formula is C20H37N5O6. The van der Waals surface area contributed by atoms with Gasteiger partial charge in [0.1, 0.15) is 18.1 Å². The highest BCUT2D eigenvalue weighted by Gasteiger charge is 2.30. The van der Waals surface area contributed by atoms with Gasteiger partial charge in [-0.15, -0.1) is 0 Å². The van der Waals surface area contributed by atoms with Gasteiger partial charge in [0.2, 0.25) is 23.6 Å². The lowest BCUT2D eigenvalue weighted by molar-refractivity contribution is -0.142. The molecule has 178 valence electrons. The van der Waals surface area contributed by atoms with Crippen molar-refractivity contribution < 1.29 is 29.1 Å². The first kappa shape index (κ1) is 28.3. The molecule has 5 atom stereocenters. The number of rotatable bonds is 14. The van der Waals surface area contributed by atoms with Gasteiger partial charge >= 0.3 is 5.97 Å². The lowest BCUT2D eigenvalue weighted by Gasteiger charge is -2.26. The molecule has 0 saturated carbocycles. The summed E-state index contributed by atoms with van der Waals surface area (Å²) in [4.78, 5) is 60.0. The highest BCUT2D eigenvalue weighted by atomic mass is 16.4. The summed E-state index contributed by atoms with van der Waals surface area (Å²) < 4.78 is 0. The molecule has 0 aliphatic heterocycles. The van der Waals surface area contributed by atoms with Crippen molar-refractivity contribution >= 4 is 29.6 Å². The molecule has 0 aliphatic rings. The van der Waals surface area contributed by atoms with Crippen molar-refractivity contribution in [3.05, 3.63) is 0 Å². The minimum atomic E-state index is -1.21. The number of carbonyl (C=O) groups excluding carboxylic acids is 4. The molecule has 0 aromatic carbocycles. The van der Waals surface area contributed by atoms with E-state index in [4.69, 9.17) is 16.6 Å². The van der Waals surface area contributed by atoms with Crippen molar-refractivity contribution in [2.45, 2.75) is 84.5 Å². The third kappa shape index (κ3) is 10.8. The molecule has 11 heteroatoms. The lowest BCUT2D eigenvalue weighted by Crippen LogP contribution is -2.57. The molecule has 0 heterocycles. The molecule has 8 N–H and O–H groups in total. The molecule has 11 nitrogen and oxygen atoms in total. The molecule has 0 aromatic heterocycles. The van der Waals surface area contributed by atoms with Crippen LogP contribution in [0, 0.1) is 11.8 Å². The van der Waals surface area contributed by atoms with E-state index in [0.29, 0.717) is 6.42 Å². The summed E-state index contributed by atoms with van der Waals surface area (Å²) in [6.07, 6.45) is 0.674. The first-order chi connectivity index (χ1) is 14.3. The van der Waals surface area contributed by atoms with Gasteiger partial charge in [-0.25, -0.2) is 0 Å². The molecule has 31 heavy (non-hydrogen) atoms. The zero-order valence-electron chi connectivity index (χ0n) is 18.9. The van der Waals surface area contributed by atoms with Crippen LogP contribution in [-0.2, 0) is 24.0 Å². The van der Waals surface area contributed by atoms with Crippen molar-refractivity contribution in [1.82, 2.24) is 16.0 Å². The van der Waals surface area contributed by atoms with Crippen molar-refractivity contribution in [1.29, 1.82) is 0 Å². The Kier molecular flexibility index (Phi) is 12.4. The summed E-state index contributed by atoms with van der Waals surface area (Å²) in [7, 11) is 0. The molecule has 0 rings (SSSR count). The highest BCUT2D eigenvalue weighted by Crippen LogP contribution is 2.09. The topological polar surface area (TPSA) is 194 Å². The minimum Gasteiger partial charge on any atom is -0.480 e. The Labute approximate surface area is 183 Å². The molecule has 0 aromatic rings. The number of hydrogen-bond acceptors (Lipinski definition) is 6. The van der Waals surface area contributed by atoms with Gasteiger partial charge in [-0.05, 0) is 31.6 Å². The summed E-state index contributed by atoms with van der Waals surface area (Å²) in [6.45, 7) is 8.66. The molecule has 0 radical (unpaired) electrons. The summed E-state index contributed by atoms with van der Waals surface area (Å²) in [6, 6.07) is -4.14. The van der Waals surface area contributed by atoms with Gasteiger partial charge in [0.25, 0.3) is 0 Å². The smallest absolute Gasteiger partial charge is 0.325 e. The Bertz CT molecular complexity index is 654. The second-order valence-electron chi connectivity index (χ2n) is 8.24. The molecule has 0 saturated heterocycles. The Morgan fingerprint density at radius 3 is 1.84 bits per heavy atom. The van der Waals surface area contributed by atoms with Crippen LogP contribution in [0.25, 0.3) is 0 Å². The fourth-order valence-corrected chi connectivity index (χ4v) is 2.69. The molecule has 5 unspecified atom stereocenters. The fraction of sp³-hybridized carbons (Fsp3) is 0.750. The van der Waals surface area contributed by atoms with E-state index >= 15 is 0 Å². The van der Waals surface area contributed by atoms with Gasteiger partial charge in [-0.3, -0.25) is 24.0 Å². The maximum absolute atomic E-state index is 12.9. The number of carboxylic acids is 1. The maximum Gasteiger partial charge on any atom is 0.325 e.